The molecule has 1 aliphatic rings. The molecule has 5 nitrogen and oxygen atoms in total. The van der Waals surface area contributed by atoms with Crippen molar-refractivity contribution in [2.75, 3.05) is 24.3 Å². The Morgan fingerprint density at radius 3 is 3.14 bits per heavy atom. The highest BCUT2D eigenvalue weighted by atomic mass is 16.5. The SMILES string of the molecule is CC1(Nc2ccnc(N)n2)CCOC1. The van der Waals surface area contributed by atoms with Gasteiger partial charge in [0, 0.05) is 12.8 Å². The molecular formula is C9H14N4O. The van der Waals surface area contributed by atoms with Gasteiger partial charge in [0.25, 0.3) is 0 Å². The minimum absolute atomic E-state index is 0.0270. The fraction of sp³-hybridized carbons (Fsp3) is 0.556. The Hall–Kier alpha value is -1.36. The number of aromatic nitrogens is 2. The van der Waals surface area contributed by atoms with Gasteiger partial charge >= 0.3 is 0 Å². The van der Waals surface area contributed by atoms with Crippen molar-refractivity contribution >= 4 is 11.8 Å². The number of hydrogen-bond acceptors (Lipinski definition) is 5. The third-order valence-electron chi connectivity index (χ3n) is 2.32. The van der Waals surface area contributed by atoms with Gasteiger partial charge in [-0.3, -0.25) is 0 Å². The number of rotatable bonds is 2. The summed E-state index contributed by atoms with van der Waals surface area (Å²) in [7, 11) is 0. The zero-order chi connectivity index (χ0) is 10.0. The second-order valence-corrected chi connectivity index (χ2v) is 3.79. The number of anilines is 2. The van der Waals surface area contributed by atoms with Crippen LogP contribution in [0, 0.1) is 0 Å². The Kier molecular flexibility index (Phi) is 2.25. The summed E-state index contributed by atoms with van der Waals surface area (Å²) < 4.78 is 5.33. The maximum Gasteiger partial charge on any atom is 0.221 e. The average molecular weight is 194 g/mol. The summed E-state index contributed by atoms with van der Waals surface area (Å²) in [5, 5.41) is 3.30. The van der Waals surface area contributed by atoms with Crippen LogP contribution in [0.4, 0.5) is 11.8 Å². The lowest BCUT2D eigenvalue weighted by atomic mass is 10.0. The van der Waals surface area contributed by atoms with E-state index in [-0.39, 0.29) is 11.5 Å². The van der Waals surface area contributed by atoms with Crippen molar-refractivity contribution < 1.29 is 4.74 Å². The molecule has 0 saturated carbocycles. The molecule has 3 N–H and O–H groups in total. The summed E-state index contributed by atoms with van der Waals surface area (Å²) >= 11 is 0. The lowest BCUT2D eigenvalue weighted by Gasteiger charge is -2.23. The highest BCUT2D eigenvalue weighted by Crippen LogP contribution is 2.22. The van der Waals surface area contributed by atoms with Gasteiger partial charge < -0.3 is 15.8 Å². The Bertz CT molecular complexity index is 322. The second-order valence-electron chi connectivity index (χ2n) is 3.79. The molecule has 0 amide bonds. The molecule has 2 heterocycles. The van der Waals surface area contributed by atoms with Crippen LogP contribution in [0.15, 0.2) is 12.3 Å². The Morgan fingerprint density at radius 1 is 1.64 bits per heavy atom. The summed E-state index contributed by atoms with van der Waals surface area (Å²) in [6.45, 7) is 3.61. The van der Waals surface area contributed by atoms with Crippen molar-refractivity contribution in [2.45, 2.75) is 18.9 Å². The van der Waals surface area contributed by atoms with Crippen LogP contribution in [-0.4, -0.2) is 28.7 Å². The van der Waals surface area contributed by atoms with E-state index in [1.165, 1.54) is 0 Å². The summed E-state index contributed by atoms with van der Waals surface area (Å²) in [5.41, 5.74) is 5.46. The minimum atomic E-state index is -0.0270. The van der Waals surface area contributed by atoms with Gasteiger partial charge in [0.2, 0.25) is 5.95 Å². The molecule has 1 atom stereocenters. The van der Waals surface area contributed by atoms with Gasteiger partial charge in [0.15, 0.2) is 0 Å². The molecule has 0 aliphatic carbocycles. The van der Waals surface area contributed by atoms with Gasteiger partial charge in [-0.15, -0.1) is 0 Å². The Morgan fingerprint density at radius 2 is 2.50 bits per heavy atom. The fourth-order valence-electron chi connectivity index (χ4n) is 1.52. The van der Waals surface area contributed by atoms with E-state index in [0.717, 1.165) is 18.8 Å². The number of nitrogen functional groups attached to an aromatic ring is 1. The van der Waals surface area contributed by atoms with Crippen molar-refractivity contribution in [2.24, 2.45) is 0 Å². The van der Waals surface area contributed by atoms with E-state index in [1.807, 2.05) is 0 Å². The largest absolute Gasteiger partial charge is 0.379 e. The zero-order valence-electron chi connectivity index (χ0n) is 8.16. The zero-order valence-corrected chi connectivity index (χ0v) is 8.16. The average Bonchev–Trinajstić information content (AvgIpc) is 2.51. The molecule has 1 aromatic heterocycles. The lowest BCUT2D eigenvalue weighted by Crippen LogP contribution is -2.35. The van der Waals surface area contributed by atoms with Crippen LogP contribution < -0.4 is 11.1 Å². The smallest absolute Gasteiger partial charge is 0.221 e. The van der Waals surface area contributed by atoms with Crippen LogP contribution in [0.1, 0.15) is 13.3 Å². The summed E-state index contributed by atoms with van der Waals surface area (Å²) in [6, 6.07) is 1.81. The molecule has 14 heavy (non-hydrogen) atoms. The molecule has 2 rings (SSSR count). The maximum atomic E-state index is 5.48. The molecule has 1 unspecified atom stereocenters. The van der Waals surface area contributed by atoms with Crippen molar-refractivity contribution in [3.05, 3.63) is 12.3 Å². The van der Waals surface area contributed by atoms with E-state index in [0.29, 0.717) is 6.61 Å². The number of nitrogens with zero attached hydrogens (tertiary/aromatic N) is 2. The molecule has 1 aromatic rings. The van der Waals surface area contributed by atoms with Crippen molar-refractivity contribution in [1.29, 1.82) is 0 Å². The quantitative estimate of drug-likeness (QED) is 0.723. The summed E-state index contributed by atoms with van der Waals surface area (Å²) in [5.74, 6) is 1.04. The molecule has 1 aliphatic heterocycles. The maximum absolute atomic E-state index is 5.48. The Labute approximate surface area is 82.7 Å². The molecule has 1 saturated heterocycles. The van der Waals surface area contributed by atoms with Crippen molar-refractivity contribution in [1.82, 2.24) is 9.97 Å². The van der Waals surface area contributed by atoms with Gasteiger partial charge in [-0.1, -0.05) is 0 Å². The Balaban J connectivity index is 2.10. The summed E-state index contributed by atoms with van der Waals surface area (Å²) in [6.07, 6.45) is 2.63. The van der Waals surface area contributed by atoms with E-state index in [2.05, 4.69) is 22.2 Å². The topological polar surface area (TPSA) is 73.1 Å². The summed E-state index contributed by atoms with van der Waals surface area (Å²) in [4.78, 5) is 7.91. The van der Waals surface area contributed by atoms with Gasteiger partial charge in [-0.05, 0) is 19.4 Å². The molecule has 5 heteroatoms. The third-order valence-corrected chi connectivity index (χ3v) is 2.32. The predicted octanol–water partition coefficient (Wildman–Crippen LogP) is 0.650. The van der Waals surface area contributed by atoms with Gasteiger partial charge in [-0.25, -0.2) is 4.98 Å². The standard InChI is InChI=1S/C9H14N4O/c1-9(3-5-14-6-9)13-7-2-4-11-8(10)12-7/h2,4H,3,5-6H2,1H3,(H3,10,11,12,13). The van der Waals surface area contributed by atoms with Crippen LogP contribution in [0.25, 0.3) is 0 Å². The fourth-order valence-corrected chi connectivity index (χ4v) is 1.52. The molecule has 1 fully saturated rings. The first kappa shape index (κ1) is 9.21. The molecular weight excluding hydrogens is 180 g/mol. The van der Waals surface area contributed by atoms with Crippen LogP contribution in [0.2, 0.25) is 0 Å². The van der Waals surface area contributed by atoms with E-state index in [1.54, 1.807) is 12.3 Å². The van der Waals surface area contributed by atoms with Gasteiger partial charge in [0.1, 0.15) is 5.82 Å². The first-order valence-electron chi connectivity index (χ1n) is 4.62. The van der Waals surface area contributed by atoms with E-state index < -0.39 is 0 Å². The van der Waals surface area contributed by atoms with Crippen molar-refractivity contribution in [3.63, 3.8) is 0 Å². The third kappa shape index (κ3) is 1.93. The molecule has 0 radical (unpaired) electrons. The monoisotopic (exact) mass is 194 g/mol. The van der Waals surface area contributed by atoms with Crippen molar-refractivity contribution in [3.8, 4) is 0 Å². The number of nitrogens with one attached hydrogen (secondary N) is 1. The van der Waals surface area contributed by atoms with E-state index in [9.17, 15) is 0 Å². The van der Waals surface area contributed by atoms with Crippen LogP contribution in [0.5, 0.6) is 0 Å². The minimum Gasteiger partial charge on any atom is -0.379 e. The first-order chi connectivity index (χ1) is 6.68. The van der Waals surface area contributed by atoms with Gasteiger partial charge in [-0.2, -0.15) is 4.98 Å². The van der Waals surface area contributed by atoms with Crippen LogP contribution in [0.3, 0.4) is 0 Å². The number of nitrogens with two attached hydrogens (primary N) is 1. The number of hydrogen-bond donors (Lipinski definition) is 2. The number of ether oxygens (including phenoxy) is 1. The molecule has 0 aromatic carbocycles. The van der Waals surface area contributed by atoms with E-state index in [4.69, 9.17) is 10.5 Å². The highest BCUT2D eigenvalue weighted by molar-refractivity contribution is 5.40. The van der Waals surface area contributed by atoms with E-state index >= 15 is 0 Å². The second kappa shape index (κ2) is 3.42. The lowest BCUT2D eigenvalue weighted by molar-refractivity contribution is 0.185. The molecule has 0 bridgehead atoms. The molecule has 76 valence electrons. The predicted molar refractivity (Wildman–Crippen MR) is 53.9 cm³/mol. The van der Waals surface area contributed by atoms with Gasteiger partial charge in [0.05, 0.1) is 12.1 Å². The molecule has 0 spiro atoms. The highest BCUT2D eigenvalue weighted by Gasteiger charge is 2.29. The van der Waals surface area contributed by atoms with Crippen LogP contribution >= 0.6 is 0 Å². The van der Waals surface area contributed by atoms with Crippen LogP contribution in [-0.2, 0) is 4.74 Å². The first-order valence-corrected chi connectivity index (χ1v) is 4.62. The normalized spacial score (nSPS) is 26.4.